The Morgan fingerprint density at radius 2 is 1.24 bits per heavy atom. The summed E-state index contributed by atoms with van der Waals surface area (Å²) in [7, 11) is 0. The second-order valence-electron chi connectivity index (χ2n) is 6.10. The minimum Gasteiger partial charge on any atom is -0.334 e. The second-order valence-corrected chi connectivity index (χ2v) is 11.1. The molecule has 6 heteroatoms. The zero-order chi connectivity index (χ0) is 17.1. The van der Waals surface area contributed by atoms with Gasteiger partial charge in [-0.1, -0.05) is 54.3 Å². The lowest BCUT2D eigenvalue weighted by molar-refractivity contribution is 0.777. The molecule has 1 aromatic carbocycles. The lowest BCUT2D eigenvalue weighted by Crippen LogP contribution is -2.47. The molecule has 1 saturated heterocycles. The summed E-state index contributed by atoms with van der Waals surface area (Å²) in [5.41, 5.74) is 0. The first kappa shape index (κ1) is 16.2. The van der Waals surface area contributed by atoms with Crippen molar-refractivity contribution in [3.05, 3.63) is 79.1 Å². The summed E-state index contributed by atoms with van der Waals surface area (Å²) >= 11 is 6.25. The van der Waals surface area contributed by atoms with E-state index < -0.39 is 6.04 Å². The van der Waals surface area contributed by atoms with Gasteiger partial charge in [0.05, 0.1) is 19.2 Å². The number of rotatable bonds is 3. The number of nitrogens with zero attached hydrogens (tertiary/aromatic N) is 4. The summed E-state index contributed by atoms with van der Waals surface area (Å²) in [5, 5.41) is 1.27. The molecule has 0 unspecified atom stereocenters. The van der Waals surface area contributed by atoms with Crippen LogP contribution in [0.15, 0.2) is 79.1 Å². The molecule has 1 aliphatic heterocycles. The third-order valence-corrected chi connectivity index (χ3v) is 8.47. The molecule has 126 valence electrons. The molecule has 4 rings (SSSR count). The lowest BCUT2D eigenvalue weighted by atomic mass is 10.4. The number of hydrogen-bond acceptors (Lipinski definition) is 5. The van der Waals surface area contributed by atoms with Crippen LogP contribution in [0.4, 0.5) is 11.6 Å². The third kappa shape index (κ3) is 3.44. The summed E-state index contributed by atoms with van der Waals surface area (Å²) in [5.74, 6) is 1.93. The Kier molecular flexibility index (Phi) is 4.51. The normalized spacial score (nSPS) is 16.6. The fourth-order valence-electron chi connectivity index (χ4n) is 3.13. The largest absolute Gasteiger partial charge is 0.334 e. The zero-order valence-electron chi connectivity index (χ0n) is 13.8. The van der Waals surface area contributed by atoms with Gasteiger partial charge in [0.15, 0.2) is 0 Å². The number of aromatic nitrogens is 2. The SMILES string of the molecule is S=P1(c2ccccc2)CN(c2ccccn2)CN(c2ccccn2)C1. The van der Waals surface area contributed by atoms with E-state index in [1.807, 2.05) is 54.9 Å². The number of pyridine rings is 2. The molecule has 0 radical (unpaired) electrons. The predicted molar refractivity (Wildman–Crippen MR) is 108 cm³/mol. The quantitative estimate of drug-likeness (QED) is 0.663. The Morgan fingerprint density at radius 3 is 1.72 bits per heavy atom. The molecule has 2 aromatic heterocycles. The van der Waals surface area contributed by atoms with Gasteiger partial charge in [0.25, 0.3) is 0 Å². The molecule has 1 aliphatic rings. The van der Waals surface area contributed by atoms with E-state index in [-0.39, 0.29) is 0 Å². The summed E-state index contributed by atoms with van der Waals surface area (Å²) in [6.07, 6.45) is 5.38. The number of anilines is 2. The molecule has 25 heavy (non-hydrogen) atoms. The van der Waals surface area contributed by atoms with Gasteiger partial charge in [0, 0.05) is 18.4 Å². The molecule has 3 aromatic rings. The molecular weight excluding hydrogens is 347 g/mol. The maximum absolute atomic E-state index is 6.25. The van der Waals surface area contributed by atoms with Crippen LogP contribution in [0.1, 0.15) is 0 Å². The number of benzene rings is 1. The maximum Gasteiger partial charge on any atom is 0.130 e. The van der Waals surface area contributed by atoms with Crippen molar-refractivity contribution in [2.75, 3.05) is 29.0 Å². The first-order chi connectivity index (χ1) is 12.2. The average molecular weight is 366 g/mol. The van der Waals surface area contributed by atoms with Gasteiger partial charge >= 0.3 is 0 Å². The second kappa shape index (κ2) is 6.95. The van der Waals surface area contributed by atoms with Crippen LogP contribution < -0.4 is 15.1 Å². The van der Waals surface area contributed by atoms with Crippen molar-refractivity contribution in [2.24, 2.45) is 0 Å². The van der Waals surface area contributed by atoms with Crippen LogP contribution in [0.25, 0.3) is 0 Å². The molecule has 0 bridgehead atoms. The smallest absolute Gasteiger partial charge is 0.130 e. The van der Waals surface area contributed by atoms with Crippen LogP contribution in [0.3, 0.4) is 0 Å². The van der Waals surface area contributed by atoms with E-state index in [0.717, 1.165) is 30.9 Å². The highest BCUT2D eigenvalue weighted by molar-refractivity contribution is 8.18. The van der Waals surface area contributed by atoms with Crippen LogP contribution in [0.5, 0.6) is 0 Å². The summed E-state index contributed by atoms with van der Waals surface area (Å²) in [6, 6.07) is 20.8. The summed E-state index contributed by atoms with van der Waals surface area (Å²) in [6.45, 7) is 0.749. The highest BCUT2D eigenvalue weighted by atomic mass is 32.4. The van der Waals surface area contributed by atoms with Gasteiger partial charge in [-0.05, 0) is 29.6 Å². The predicted octanol–water partition coefficient (Wildman–Crippen LogP) is 3.48. The zero-order valence-corrected chi connectivity index (χ0v) is 15.5. The molecule has 4 nitrogen and oxygen atoms in total. The lowest BCUT2D eigenvalue weighted by Gasteiger charge is -2.43. The van der Waals surface area contributed by atoms with Crippen molar-refractivity contribution in [3.8, 4) is 0 Å². The highest BCUT2D eigenvalue weighted by Crippen LogP contribution is 2.49. The molecule has 0 amide bonds. The maximum atomic E-state index is 6.25. The molecule has 0 saturated carbocycles. The standard InChI is InChI=1S/C19H19N4PS/c25-24(17-8-2-1-3-9-17)15-22(18-10-4-6-12-20-18)14-23(16-24)19-11-5-7-13-21-19/h1-13H,14-16H2. The molecule has 0 aliphatic carbocycles. The molecule has 0 atom stereocenters. The molecule has 0 N–H and O–H groups in total. The number of hydrogen-bond donors (Lipinski definition) is 0. The summed E-state index contributed by atoms with van der Waals surface area (Å²) < 4.78 is 0. The first-order valence-corrected chi connectivity index (χ1v) is 11.4. The van der Waals surface area contributed by atoms with Crippen LogP contribution in [-0.2, 0) is 11.8 Å². The van der Waals surface area contributed by atoms with Crippen LogP contribution in [-0.4, -0.2) is 29.2 Å². The fourth-order valence-corrected chi connectivity index (χ4v) is 7.03. The van der Waals surface area contributed by atoms with Crippen LogP contribution in [0, 0.1) is 0 Å². The summed E-state index contributed by atoms with van der Waals surface area (Å²) in [4.78, 5) is 13.6. The van der Waals surface area contributed by atoms with E-state index in [0.29, 0.717) is 0 Å². The van der Waals surface area contributed by atoms with E-state index in [1.54, 1.807) is 0 Å². The van der Waals surface area contributed by atoms with E-state index >= 15 is 0 Å². The average Bonchev–Trinajstić information content (AvgIpc) is 2.70. The Balaban J connectivity index is 1.74. The van der Waals surface area contributed by atoms with Gasteiger partial charge in [-0.15, -0.1) is 0 Å². The van der Waals surface area contributed by atoms with Gasteiger partial charge in [0.2, 0.25) is 0 Å². The van der Waals surface area contributed by atoms with Crippen molar-refractivity contribution in [1.29, 1.82) is 0 Å². The van der Waals surface area contributed by atoms with Gasteiger partial charge in [-0.25, -0.2) is 9.97 Å². The van der Waals surface area contributed by atoms with E-state index in [9.17, 15) is 0 Å². The fraction of sp³-hybridized carbons (Fsp3) is 0.158. The Bertz CT molecular complexity index is 822. The van der Waals surface area contributed by atoms with Crippen molar-refractivity contribution in [3.63, 3.8) is 0 Å². The van der Waals surface area contributed by atoms with Crippen molar-refractivity contribution < 1.29 is 0 Å². The topological polar surface area (TPSA) is 32.3 Å². The highest BCUT2D eigenvalue weighted by Gasteiger charge is 2.33. The van der Waals surface area contributed by atoms with Crippen LogP contribution >= 0.6 is 6.04 Å². The van der Waals surface area contributed by atoms with Crippen molar-refractivity contribution >= 4 is 34.8 Å². The minimum atomic E-state index is -1.80. The Hall–Kier alpha value is -2.23. The molecule has 1 fully saturated rings. The Labute approximate surface area is 153 Å². The van der Waals surface area contributed by atoms with E-state index in [1.165, 1.54) is 5.30 Å². The van der Waals surface area contributed by atoms with Crippen molar-refractivity contribution in [2.45, 2.75) is 0 Å². The van der Waals surface area contributed by atoms with E-state index in [2.05, 4.69) is 44.0 Å². The Morgan fingerprint density at radius 1 is 0.720 bits per heavy atom. The monoisotopic (exact) mass is 366 g/mol. The third-order valence-electron chi connectivity index (χ3n) is 4.31. The van der Waals surface area contributed by atoms with Gasteiger partial charge in [-0.2, -0.15) is 0 Å². The van der Waals surface area contributed by atoms with Gasteiger partial charge < -0.3 is 9.80 Å². The molecular formula is C19H19N4PS. The first-order valence-electron chi connectivity index (χ1n) is 8.20. The van der Waals surface area contributed by atoms with Crippen molar-refractivity contribution in [1.82, 2.24) is 9.97 Å². The minimum absolute atomic E-state index is 0.749. The van der Waals surface area contributed by atoms with E-state index in [4.69, 9.17) is 11.8 Å². The van der Waals surface area contributed by atoms with Gasteiger partial charge in [-0.3, -0.25) is 0 Å². The van der Waals surface area contributed by atoms with Gasteiger partial charge in [0.1, 0.15) is 11.6 Å². The molecule has 0 spiro atoms. The molecule has 3 heterocycles. The van der Waals surface area contributed by atoms with Crippen LogP contribution in [0.2, 0.25) is 0 Å².